The third-order valence-corrected chi connectivity index (χ3v) is 4.22. The second kappa shape index (κ2) is 5.50. The molecule has 0 saturated heterocycles. The van der Waals surface area contributed by atoms with Crippen molar-refractivity contribution >= 4 is 33.2 Å². The Kier molecular flexibility index (Phi) is 3.54. The Morgan fingerprint density at radius 3 is 2.48 bits per heavy atom. The summed E-state index contributed by atoms with van der Waals surface area (Å²) in [4.78, 5) is 24.0. The number of methoxy groups -OCH3 is 1. The lowest BCUT2D eigenvalue weighted by Crippen LogP contribution is -2.01. The normalized spacial score (nSPS) is 10.5. The Morgan fingerprint density at radius 1 is 1.00 bits per heavy atom. The summed E-state index contributed by atoms with van der Waals surface area (Å²) in [5.74, 6) is -0.381. The zero-order chi connectivity index (χ0) is 14.8. The number of esters is 1. The summed E-state index contributed by atoms with van der Waals surface area (Å²) in [6.07, 6.45) is 0. The predicted molar refractivity (Wildman–Crippen MR) is 83.0 cm³/mol. The van der Waals surface area contributed by atoms with Crippen molar-refractivity contribution in [2.75, 3.05) is 7.11 Å². The van der Waals surface area contributed by atoms with Crippen LogP contribution in [0, 0.1) is 0 Å². The number of carbonyl (C=O) groups is 2. The summed E-state index contributed by atoms with van der Waals surface area (Å²) in [7, 11) is 1.36. The van der Waals surface area contributed by atoms with Gasteiger partial charge in [-0.25, -0.2) is 4.79 Å². The van der Waals surface area contributed by atoms with Gasteiger partial charge in [-0.1, -0.05) is 42.5 Å². The number of thiophene rings is 1. The number of fused-ring (bicyclic) bond motifs is 1. The molecule has 2 aromatic carbocycles. The van der Waals surface area contributed by atoms with Crippen LogP contribution in [-0.4, -0.2) is 18.9 Å². The molecule has 1 aromatic heterocycles. The van der Waals surface area contributed by atoms with Crippen LogP contribution in [-0.2, 0) is 4.74 Å². The van der Waals surface area contributed by atoms with Gasteiger partial charge in [0.1, 0.15) is 0 Å². The summed E-state index contributed by atoms with van der Waals surface area (Å²) in [6.45, 7) is 0. The minimum Gasteiger partial charge on any atom is -0.465 e. The van der Waals surface area contributed by atoms with Crippen molar-refractivity contribution in [2.45, 2.75) is 0 Å². The molecule has 4 heteroatoms. The average Bonchev–Trinajstić information content (AvgIpc) is 2.97. The number of carbonyl (C=O) groups excluding carboxylic acids is 2. The Morgan fingerprint density at radius 2 is 1.76 bits per heavy atom. The standard InChI is InChI=1S/C17H12O3S/c1-20-17(19)14-10-21-15-9-12(7-8-13(14)15)16(18)11-5-3-2-4-6-11/h2-10H,1H3. The second-order valence-corrected chi connectivity index (χ2v) is 5.46. The molecule has 3 aromatic rings. The Balaban J connectivity index is 2.03. The summed E-state index contributed by atoms with van der Waals surface area (Å²) >= 11 is 1.43. The van der Waals surface area contributed by atoms with Gasteiger partial charge in [-0.3, -0.25) is 4.79 Å². The highest BCUT2D eigenvalue weighted by Crippen LogP contribution is 2.28. The van der Waals surface area contributed by atoms with E-state index >= 15 is 0 Å². The Hall–Kier alpha value is -2.46. The third kappa shape index (κ3) is 2.45. The maximum absolute atomic E-state index is 12.4. The van der Waals surface area contributed by atoms with Crippen molar-refractivity contribution < 1.29 is 14.3 Å². The lowest BCUT2D eigenvalue weighted by atomic mass is 10.0. The van der Waals surface area contributed by atoms with E-state index in [2.05, 4.69) is 0 Å². The maximum Gasteiger partial charge on any atom is 0.339 e. The molecule has 3 nitrogen and oxygen atoms in total. The molecule has 21 heavy (non-hydrogen) atoms. The van der Waals surface area contributed by atoms with Crippen molar-refractivity contribution in [1.82, 2.24) is 0 Å². The fraction of sp³-hybridized carbons (Fsp3) is 0.0588. The van der Waals surface area contributed by atoms with Gasteiger partial charge in [0, 0.05) is 26.6 Å². The smallest absolute Gasteiger partial charge is 0.339 e. The fourth-order valence-corrected chi connectivity index (χ4v) is 3.16. The lowest BCUT2D eigenvalue weighted by molar-refractivity contribution is 0.0603. The fourth-order valence-electron chi connectivity index (χ4n) is 2.19. The number of hydrogen-bond acceptors (Lipinski definition) is 4. The zero-order valence-corrected chi connectivity index (χ0v) is 12.1. The van der Waals surface area contributed by atoms with Gasteiger partial charge >= 0.3 is 5.97 Å². The van der Waals surface area contributed by atoms with Gasteiger partial charge in [0.05, 0.1) is 12.7 Å². The van der Waals surface area contributed by atoms with E-state index in [1.807, 2.05) is 24.3 Å². The van der Waals surface area contributed by atoms with Crippen LogP contribution in [0.25, 0.3) is 10.1 Å². The molecular weight excluding hydrogens is 284 g/mol. The van der Waals surface area contributed by atoms with Crippen LogP contribution in [0.1, 0.15) is 26.3 Å². The summed E-state index contributed by atoms with van der Waals surface area (Å²) in [6, 6.07) is 14.5. The van der Waals surface area contributed by atoms with Gasteiger partial charge in [0.25, 0.3) is 0 Å². The first-order valence-corrected chi connectivity index (χ1v) is 7.28. The van der Waals surface area contributed by atoms with E-state index in [4.69, 9.17) is 4.74 Å². The molecule has 1 heterocycles. The molecule has 0 fully saturated rings. The van der Waals surface area contributed by atoms with Crippen molar-refractivity contribution in [3.05, 3.63) is 70.6 Å². The molecule has 0 aliphatic carbocycles. The highest BCUT2D eigenvalue weighted by atomic mass is 32.1. The molecule has 0 radical (unpaired) electrons. The molecule has 0 N–H and O–H groups in total. The average molecular weight is 296 g/mol. The molecule has 0 bridgehead atoms. The van der Waals surface area contributed by atoms with Gasteiger partial charge in [0.2, 0.25) is 0 Å². The van der Waals surface area contributed by atoms with Crippen LogP contribution in [0.15, 0.2) is 53.9 Å². The van der Waals surface area contributed by atoms with Gasteiger partial charge in [-0.2, -0.15) is 0 Å². The third-order valence-electron chi connectivity index (χ3n) is 3.28. The van der Waals surface area contributed by atoms with Gasteiger partial charge in [0.15, 0.2) is 5.78 Å². The largest absolute Gasteiger partial charge is 0.465 e. The van der Waals surface area contributed by atoms with E-state index in [9.17, 15) is 9.59 Å². The molecule has 0 aliphatic rings. The van der Waals surface area contributed by atoms with E-state index in [0.29, 0.717) is 16.7 Å². The molecule has 0 unspecified atom stereocenters. The van der Waals surface area contributed by atoms with Gasteiger partial charge in [-0.05, 0) is 6.07 Å². The molecule has 0 aliphatic heterocycles. The highest BCUT2D eigenvalue weighted by Gasteiger charge is 2.15. The van der Waals surface area contributed by atoms with E-state index in [0.717, 1.165) is 10.1 Å². The maximum atomic E-state index is 12.4. The molecule has 0 spiro atoms. The predicted octanol–water partition coefficient (Wildman–Crippen LogP) is 3.92. The van der Waals surface area contributed by atoms with E-state index in [1.165, 1.54) is 18.4 Å². The van der Waals surface area contributed by atoms with Crippen LogP contribution >= 0.6 is 11.3 Å². The molecule has 0 amide bonds. The first-order chi connectivity index (χ1) is 10.2. The SMILES string of the molecule is COC(=O)c1csc2cc(C(=O)c3ccccc3)ccc12. The first kappa shape index (κ1) is 13.5. The zero-order valence-electron chi connectivity index (χ0n) is 11.3. The first-order valence-electron chi connectivity index (χ1n) is 6.40. The van der Waals surface area contributed by atoms with E-state index < -0.39 is 0 Å². The van der Waals surface area contributed by atoms with Crippen molar-refractivity contribution in [1.29, 1.82) is 0 Å². The van der Waals surface area contributed by atoms with E-state index in [1.54, 1.807) is 29.6 Å². The minimum atomic E-state index is -0.358. The number of rotatable bonds is 3. The Labute approximate surface area is 125 Å². The summed E-state index contributed by atoms with van der Waals surface area (Å²) in [5, 5.41) is 2.57. The van der Waals surface area contributed by atoms with Crippen molar-refractivity contribution in [3.63, 3.8) is 0 Å². The van der Waals surface area contributed by atoms with Crippen molar-refractivity contribution in [2.24, 2.45) is 0 Å². The van der Waals surface area contributed by atoms with Gasteiger partial charge in [-0.15, -0.1) is 11.3 Å². The molecule has 104 valence electrons. The number of benzene rings is 2. The molecule has 0 atom stereocenters. The quantitative estimate of drug-likeness (QED) is 0.543. The van der Waals surface area contributed by atoms with Crippen molar-refractivity contribution in [3.8, 4) is 0 Å². The van der Waals surface area contributed by atoms with Crippen LogP contribution in [0.3, 0.4) is 0 Å². The lowest BCUT2D eigenvalue weighted by Gasteiger charge is -2.02. The highest BCUT2D eigenvalue weighted by molar-refractivity contribution is 7.17. The molecule has 0 saturated carbocycles. The van der Waals surface area contributed by atoms with Gasteiger partial charge < -0.3 is 4.74 Å². The second-order valence-electron chi connectivity index (χ2n) is 4.55. The van der Waals surface area contributed by atoms with E-state index in [-0.39, 0.29) is 11.8 Å². The molecule has 3 rings (SSSR count). The summed E-state index contributed by atoms with van der Waals surface area (Å²) in [5.41, 5.74) is 1.81. The van der Waals surface area contributed by atoms with Crippen LogP contribution in [0.2, 0.25) is 0 Å². The van der Waals surface area contributed by atoms with Crippen LogP contribution in [0.5, 0.6) is 0 Å². The van der Waals surface area contributed by atoms with Crippen LogP contribution < -0.4 is 0 Å². The number of ether oxygens (including phenoxy) is 1. The number of hydrogen-bond donors (Lipinski definition) is 0. The summed E-state index contributed by atoms with van der Waals surface area (Å²) < 4.78 is 5.65. The number of ketones is 1. The van der Waals surface area contributed by atoms with Crippen LogP contribution in [0.4, 0.5) is 0 Å². The Bertz CT molecular complexity index is 818. The molecular formula is C17H12O3S. The topological polar surface area (TPSA) is 43.4 Å². The monoisotopic (exact) mass is 296 g/mol. The minimum absolute atomic E-state index is 0.0227.